The van der Waals surface area contributed by atoms with Gasteiger partial charge in [0.15, 0.2) is 5.78 Å². The lowest BCUT2D eigenvalue weighted by atomic mass is 9.79. The molecule has 1 aromatic carbocycles. The van der Waals surface area contributed by atoms with E-state index in [1.54, 1.807) is 0 Å². The van der Waals surface area contributed by atoms with Crippen molar-refractivity contribution in [1.82, 2.24) is 4.98 Å². The molecule has 1 aromatic heterocycles. The molecule has 0 radical (unpaired) electrons. The maximum Gasteiger partial charge on any atom is 0.189 e. The number of ketones is 1. The molecular formula is C19H21NO. The molecule has 2 heteroatoms. The molecule has 0 aliphatic heterocycles. The number of aromatic nitrogens is 1. The second kappa shape index (κ2) is 4.27. The number of aryl methyl sites for hydroxylation is 2. The third kappa shape index (κ3) is 1.59. The summed E-state index contributed by atoms with van der Waals surface area (Å²) < 4.78 is 0. The Balaban J connectivity index is 2.72. The third-order valence-corrected chi connectivity index (χ3v) is 5.29. The van der Waals surface area contributed by atoms with Gasteiger partial charge in [0.05, 0.1) is 5.52 Å². The molecular weight excluding hydrogens is 258 g/mol. The van der Waals surface area contributed by atoms with Crippen LogP contribution in [0.1, 0.15) is 57.7 Å². The van der Waals surface area contributed by atoms with Crippen molar-refractivity contribution >= 4 is 22.3 Å². The minimum absolute atomic E-state index is 0.163. The van der Waals surface area contributed by atoms with E-state index in [-0.39, 0.29) is 5.78 Å². The maximum absolute atomic E-state index is 12.8. The first-order valence-electron chi connectivity index (χ1n) is 7.40. The first kappa shape index (κ1) is 14.0. The molecule has 0 saturated heterocycles. The second-order valence-corrected chi connectivity index (χ2v) is 6.25. The second-order valence-electron chi connectivity index (χ2n) is 6.25. The van der Waals surface area contributed by atoms with Crippen LogP contribution in [-0.4, -0.2) is 10.8 Å². The Labute approximate surface area is 125 Å². The Kier molecular flexibility index (Phi) is 2.84. The van der Waals surface area contributed by atoms with Gasteiger partial charge in [0, 0.05) is 22.2 Å². The lowest BCUT2D eigenvalue weighted by molar-refractivity contribution is 0.103. The highest BCUT2D eigenvalue weighted by Crippen LogP contribution is 2.41. The summed E-state index contributed by atoms with van der Waals surface area (Å²) in [6.07, 6.45) is 0. The van der Waals surface area contributed by atoms with Crippen molar-refractivity contribution in [2.24, 2.45) is 0 Å². The number of allylic oxidation sites excluding steroid dienone is 2. The number of nitrogens with zero attached hydrogens (tertiary/aromatic N) is 1. The maximum atomic E-state index is 12.8. The predicted molar refractivity (Wildman–Crippen MR) is 88.0 cm³/mol. The van der Waals surface area contributed by atoms with E-state index >= 15 is 0 Å². The Morgan fingerprint density at radius 1 is 0.667 bits per heavy atom. The van der Waals surface area contributed by atoms with Crippen LogP contribution in [0.4, 0.5) is 0 Å². The number of benzene rings is 1. The summed E-state index contributed by atoms with van der Waals surface area (Å²) in [5.41, 5.74) is 10.8. The molecule has 0 fully saturated rings. The predicted octanol–water partition coefficient (Wildman–Crippen LogP) is 4.77. The molecule has 1 heterocycles. The van der Waals surface area contributed by atoms with Crippen molar-refractivity contribution in [2.45, 2.75) is 48.5 Å². The molecule has 0 unspecified atom stereocenters. The normalized spacial score (nSPS) is 14.3. The van der Waals surface area contributed by atoms with Gasteiger partial charge in [-0.15, -0.1) is 0 Å². The molecule has 2 nitrogen and oxygen atoms in total. The fourth-order valence-electron chi connectivity index (χ4n) is 3.44. The zero-order chi connectivity index (χ0) is 15.6. The molecule has 2 aromatic rings. The monoisotopic (exact) mass is 279 g/mol. The van der Waals surface area contributed by atoms with E-state index in [2.05, 4.69) is 41.5 Å². The Bertz CT molecular complexity index is 869. The molecule has 1 aliphatic rings. The Morgan fingerprint density at radius 3 is 1.90 bits per heavy atom. The number of carbonyl (C=O) groups is 1. The summed E-state index contributed by atoms with van der Waals surface area (Å²) in [4.78, 5) is 17.6. The molecule has 0 amide bonds. The molecule has 1 aliphatic carbocycles. The van der Waals surface area contributed by atoms with Crippen molar-refractivity contribution in [1.29, 1.82) is 0 Å². The number of hydrogen-bond donors (Lipinski definition) is 0. The largest absolute Gasteiger partial charge is 0.289 e. The highest BCUT2D eigenvalue weighted by atomic mass is 16.1. The summed E-state index contributed by atoms with van der Waals surface area (Å²) >= 11 is 0. The van der Waals surface area contributed by atoms with Crippen molar-refractivity contribution in [3.8, 4) is 0 Å². The molecule has 0 bridgehead atoms. The molecule has 0 atom stereocenters. The van der Waals surface area contributed by atoms with Crippen LogP contribution in [0.3, 0.4) is 0 Å². The van der Waals surface area contributed by atoms with Gasteiger partial charge in [0.25, 0.3) is 0 Å². The molecule has 0 spiro atoms. The first-order valence-corrected chi connectivity index (χ1v) is 7.40. The summed E-state index contributed by atoms with van der Waals surface area (Å²) in [5.74, 6) is 0.163. The minimum Gasteiger partial charge on any atom is -0.289 e. The van der Waals surface area contributed by atoms with Crippen LogP contribution >= 0.6 is 0 Å². The van der Waals surface area contributed by atoms with E-state index < -0.39 is 0 Å². The van der Waals surface area contributed by atoms with Crippen LogP contribution in [0.25, 0.3) is 16.5 Å². The van der Waals surface area contributed by atoms with E-state index in [9.17, 15) is 4.79 Å². The van der Waals surface area contributed by atoms with Crippen molar-refractivity contribution in [3.63, 3.8) is 0 Å². The van der Waals surface area contributed by atoms with Gasteiger partial charge >= 0.3 is 0 Å². The van der Waals surface area contributed by atoms with Gasteiger partial charge in [0.2, 0.25) is 0 Å². The zero-order valence-corrected chi connectivity index (χ0v) is 13.9. The Hall–Kier alpha value is -1.96. The quantitative estimate of drug-likeness (QED) is 0.695. The highest BCUT2D eigenvalue weighted by molar-refractivity contribution is 6.25. The first-order chi connectivity index (χ1) is 9.77. The topological polar surface area (TPSA) is 30.0 Å². The molecule has 0 saturated carbocycles. The van der Waals surface area contributed by atoms with Crippen LogP contribution in [-0.2, 0) is 0 Å². The van der Waals surface area contributed by atoms with E-state index in [1.807, 2.05) is 6.92 Å². The van der Waals surface area contributed by atoms with E-state index in [0.717, 1.165) is 38.9 Å². The lowest BCUT2D eigenvalue weighted by Crippen LogP contribution is -2.16. The van der Waals surface area contributed by atoms with Crippen LogP contribution in [0.15, 0.2) is 5.57 Å². The van der Waals surface area contributed by atoms with Crippen LogP contribution in [0.5, 0.6) is 0 Å². The van der Waals surface area contributed by atoms with E-state index in [1.165, 1.54) is 22.3 Å². The average Bonchev–Trinajstić information content (AvgIpc) is 2.45. The van der Waals surface area contributed by atoms with Gasteiger partial charge in [-0.05, 0) is 81.9 Å². The molecule has 0 N–H and O–H groups in total. The standard InChI is InChI=1S/C19H21NO/c1-8-9(2)16-17-15(10(3)12(5)19(16)21)13(6)14(7)20-18(17)11(8)4/h1-7H3. The Morgan fingerprint density at radius 2 is 1.29 bits per heavy atom. The van der Waals surface area contributed by atoms with Crippen molar-refractivity contribution < 1.29 is 4.79 Å². The van der Waals surface area contributed by atoms with Gasteiger partial charge in [-0.25, -0.2) is 0 Å². The lowest BCUT2D eigenvalue weighted by Gasteiger charge is -2.25. The molecule has 3 rings (SSSR count). The van der Waals surface area contributed by atoms with E-state index in [4.69, 9.17) is 4.98 Å². The van der Waals surface area contributed by atoms with Crippen LogP contribution < -0.4 is 0 Å². The third-order valence-electron chi connectivity index (χ3n) is 5.29. The number of rotatable bonds is 0. The van der Waals surface area contributed by atoms with E-state index in [0.29, 0.717) is 0 Å². The fraction of sp³-hybridized carbons (Fsp3) is 0.368. The number of Topliss-reactive ketones (excluding diaryl/α,β-unsaturated/α-hetero) is 1. The van der Waals surface area contributed by atoms with Crippen molar-refractivity contribution in [2.75, 3.05) is 0 Å². The van der Waals surface area contributed by atoms with Gasteiger partial charge in [0.1, 0.15) is 0 Å². The zero-order valence-electron chi connectivity index (χ0n) is 13.9. The fourth-order valence-corrected chi connectivity index (χ4v) is 3.44. The van der Waals surface area contributed by atoms with Crippen molar-refractivity contribution in [3.05, 3.63) is 44.6 Å². The van der Waals surface area contributed by atoms with Crippen LogP contribution in [0, 0.1) is 34.6 Å². The number of carbonyl (C=O) groups excluding carboxylic acids is 1. The molecule has 21 heavy (non-hydrogen) atoms. The van der Waals surface area contributed by atoms with Crippen LogP contribution in [0.2, 0.25) is 0 Å². The average molecular weight is 279 g/mol. The number of pyridine rings is 1. The molecule has 108 valence electrons. The highest BCUT2D eigenvalue weighted by Gasteiger charge is 2.29. The van der Waals surface area contributed by atoms with Gasteiger partial charge < -0.3 is 0 Å². The summed E-state index contributed by atoms with van der Waals surface area (Å²) in [6.45, 7) is 14.4. The summed E-state index contributed by atoms with van der Waals surface area (Å²) in [7, 11) is 0. The van der Waals surface area contributed by atoms with Gasteiger partial charge in [-0.1, -0.05) is 0 Å². The van der Waals surface area contributed by atoms with Gasteiger partial charge in [-0.3, -0.25) is 9.78 Å². The summed E-state index contributed by atoms with van der Waals surface area (Å²) in [5, 5.41) is 1.06. The smallest absolute Gasteiger partial charge is 0.189 e. The van der Waals surface area contributed by atoms with Gasteiger partial charge in [-0.2, -0.15) is 0 Å². The summed E-state index contributed by atoms with van der Waals surface area (Å²) in [6, 6.07) is 0. The SMILES string of the molecule is CC1=C(C)c2c(C)c(C)nc3c(C)c(C)c(C)c(c23)C1=O. The number of hydrogen-bond acceptors (Lipinski definition) is 2. The minimum atomic E-state index is 0.163.